The molecular weight excluding hydrogens is 274 g/mol. The minimum Gasteiger partial charge on any atom is -0.399 e. The fourth-order valence-corrected chi connectivity index (χ4v) is 2.87. The highest BCUT2D eigenvalue weighted by molar-refractivity contribution is 6.06. The summed E-state index contributed by atoms with van der Waals surface area (Å²) in [6.07, 6.45) is 2.38. The van der Waals surface area contributed by atoms with Crippen LogP contribution in [0, 0.1) is 6.92 Å². The number of nitrogens with two attached hydrogens (primary N) is 1. The molecule has 0 radical (unpaired) electrons. The van der Waals surface area contributed by atoms with E-state index >= 15 is 0 Å². The molecule has 3 rings (SSSR count). The summed E-state index contributed by atoms with van der Waals surface area (Å²) < 4.78 is 0. The Labute approximate surface area is 130 Å². The molecule has 22 heavy (non-hydrogen) atoms. The van der Waals surface area contributed by atoms with Crippen molar-refractivity contribution < 1.29 is 4.79 Å². The van der Waals surface area contributed by atoms with Crippen LogP contribution in [0.4, 0.5) is 17.1 Å². The maximum absolute atomic E-state index is 12.5. The zero-order chi connectivity index (χ0) is 15.5. The van der Waals surface area contributed by atoms with Crippen LogP contribution < -0.4 is 16.0 Å². The van der Waals surface area contributed by atoms with Crippen molar-refractivity contribution in [3.63, 3.8) is 0 Å². The first kappa shape index (κ1) is 14.4. The van der Waals surface area contributed by atoms with E-state index in [0.29, 0.717) is 11.3 Å². The first-order valence-electron chi connectivity index (χ1n) is 7.66. The third kappa shape index (κ3) is 3.06. The Morgan fingerprint density at radius 1 is 1.14 bits per heavy atom. The Balaban J connectivity index is 1.87. The molecule has 3 N–H and O–H groups in total. The molecule has 4 heteroatoms. The van der Waals surface area contributed by atoms with E-state index in [-0.39, 0.29) is 5.91 Å². The summed E-state index contributed by atoms with van der Waals surface area (Å²) in [6.45, 7) is 4.03. The van der Waals surface area contributed by atoms with Gasteiger partial charge in [0.2, 0.25) is 0 Å². The fraction of sp³-hybridized carbons (Fsp3) is 0.278. The third-order valence-electron chi connectivity index (χ3n) is 4.00. The highest BCUT2D eigenvalue weighted by Gasteiger charge is 2.17. The maximum atomic E-state index is 12.5. The van der Waals surface area contributed by atoms with Gasteiger partial charge in [-0.1, -0.05) is 17.7 Å². The molecule has 0 bridgehead atoms. The van der Waals surface area contributed by atoms with Crippen LogP contribution in [0.25, 0.3) is 0 Å². The number of rotatable bonds is 3. The number of hydrogen-bond donors (Lipinski definition) is 2. The number of anilines is 3. The third-order valence-corrected chi connectivity index (χ3v) is 4.00. The van der Waals surface area contributed by atoms with Crippen LogP contribution in [-0.2, 0) is 0 Å². The molecule has 1 aliphatic heterocycles. The van der Waals surface area contributed by atoms with Crippen LogP contribution in [0.15, 0.2) is 42.5 Å². The molecule has 1 fully saturated rings. The second kappa shape index (κ2) is 6.10. The van der Waals surface area contributed by atoms with Gasteiger partial charge >= 0.3 is 0 Å². The van der Waals surface area contributed by atoms with Crippen LogP contribution in [-0.4, -0.2) is 19.0 Å². The van der Waals surface area contributed by atoms with Crippen LogP contribution in [0.1, 0.15) is 28.8 Å². The Kier molecular flexibility index (Phi) is 4.00. The number of amides is 1. The number of aryl methyl sites for hydroxylation is 1. The van der Waals surface area contributed by atoms with Crippen molar-refractivity contribution in [2.45, 2.75) is 19.8 Å². The number of hydrogen-bond acceptors (Lipinski definition) is 3. The predicted molar refractivity (Wildman–Crippen MR) is 91.4 cm³/mol. The van der Waals surface area contributed by atoms with Crippen LogP contribution >= 0.6 is 0 Å². The largest absolute Gasteiger partial charge is 0.399 e. The van der Waals surface area contributed by atoms with Gasteiger partial charge in [-0.05, 0) is 50.1 Å². The van der Waals surface area contributed by atoms with E-state index in [9.17, 15) is 4.79 Å². The molecule has 1 heterocycles. The summed E-state index contributed by atoms with van der Waals surface area (Å²) in [5, 5.41) is 3.01. The summed E-state index contributed by atoms with van der Waals surface area (Å²) in [5.41, 5.74) is 10.1. The SMILES string of the molecule is Cc1cccc(C(=O)Nc2cc(N)ccc2N2CCCC2)c1. The van der Waals surface area contributed by atoms with E-state index in [4.69, 9.17) is 5.73 Å². The molecule has 2 aromatic rings. The first-order valence-corrected chi connectivity index (χ1v) is 7.66. The van der Waals surface area contributed by atoms with E-state index in [2.05, 4.69) is 10.2 Å². The summed E-state index contributed by atoms with van der Waals surface area (Å²) in [6, 6.07) is 13.3. The van der Waals surface area contributed by atoms with Gasteiger partial charge in [0.25, 0.3) is 5.91 Å². The normalized spacial score (nSPS) is 14.1. The van der Waals surface area contributed by atoms with Gasteiger partial charge < -0.3 is 16.0 Å². The number of nitrogens with one attached hydrogen (secondary N) is 1. The Hall–Kier alpha value is -2.49. The zero-order valence-electron chi connectivity index (χ0n) is 12.8. The van der Waals surface area contributed by atoms with Gasteiger partial charge in [-0.2, -0.15) is 0 Å². The van der Waals surface area contributed by atoms with Crippen molar-refractivity contribution in [1.29, 1.82) is 0 Å². The number of nitrogens with zero attached hydrogens (tertiary/aromatic N) is 1. The lowest BCUT2D eigenvalue weighted by Gasteiger charge is -2.22. The monoisotopic (exact) mass is 295 g/mol. The van der Waals surface area contributed by atoms with Crippen molar-refractivity contribution in [3.8, 4) is 0 Å². The standard InChI is InChI=1S/C18H21N3O/c1-13-5-4-6-14(11-13)18(22)20-16-12-15(19)7-8-17(16)21-9-2-3-10-21/h4-8,11-12H,2-3,9-10,19H2,1H3,(H,20,22). The van der Waals surface area contributed by atoms with Crippen LogP contribution in [0.3, 0.4) is 0 Å². The van der Waals surface area contributed by atoms with Gasteiger partial charge in [-0.25, -0.2) is 0 Å². The van der Waals surface area contributed by atoms with E-state index in [0.717, 1.165) is 30.0 Å². The quantitative estimate of drug-likeness (QED) is 0.853. The van der Waals surface area contributed by atoms with E-state index in [1.54, 1.807) is 0 Å². The van der Waals surface area contributed by atoms with Crippen molar-refractivity contribution in [1.82, 2.24) is 0 Å². The molecule has 1 amide bonds. The molecule has 0 spiro atoms. The highest BCUT2D eigenvalue weighted by Crippen LogP contribution is 2.31. The summed E-state index contributed by atoms with van der Waals surface area (Å²) in [4.78, 5) is 14.8. The Bertz CT molecular complexity index is 690. The molecule has 114 valence electrons. The Morgan fingerprint density at radius 3 is 2.64 bits per heavy atom. The second-order valence-corrected chi connectivity index (χ2v) is 5.79. The Morgan fingerprint density at radius 2 is 1.91 bits per heavy atom. The summed E-state index contributed by atoms with van der Waals surface area (Å²) in [5.74, 6) is -0.102. The maximum Gasteiger partial charge on any atom is 0.255 e. The lowest BCUT2D eigenvalue weighted by molar-refractivity contribution is 0.102. The molecule has 1 aliphatic rings. The molecule has 0 atom stereocenters. The predicted octanol–water partition coefficient (Wildman–Crippen LogP) is 3.43. The number of nitrogen functional groups attached to an aromatic ring is 1. The van der Waals surface area contributed by atoms with Crippen molar-refractivity contribution in [3.05, 3.63) is 53.6 Å². The average Bonchev–Trinajstić information content (AvgIpc) is 3.01. The van der Waals surface area contributed by atoms with Crippen LogP contribution in [0.5, 0.6) is 0 Å². The molecule has 0 aliphatic carbocycles. The van der Waals surface area contributed by atoms with Gasteiger partial charge in [-0.15, -0.1) is 0 Å². The van der Waals surface area contributed by atoms with E-state index in [1.165, 1.54) is 12.8 Å². The van der Waals surface area contributed by atoms with Crippen molar-refractivity contribution in [2.75, 3.05) is 29.0 Å². The molecule has 2 aromatic carbocycles. The smallest absolute Gasteiger partial charge is 0.255 e. The fourth-order valence-electron chi connectivity index (χ4n) is 2.87. The van der Waals surface area contributed by atoms with Crippen LogP contribution in [0.2, 0.25) is 0 Å². The molecule has 0 aromatic heterocycles. The van der Waals surface area contributed by atoms with Crippen molar-refractivity contribution in [2.24, 2.45) is 0 Å². The van der Waals surface area contributed by atoms with Gasteiger partial charge in [0.15, 0.2) is 0 Å². The topological polar surface area (TPSA) is 58.4 Å². The lowest BCUT2D eigenvalue weighted by atomic mass is 10.1. The number of benzene rings is 2. The minimum absolute atomic E-state index is 0.102. The molecule has 0 saturated carbocycles. The van der Waals surface area contributed by atoms with E-state index in [1.807, 2.05) is 49.4 Å². The van der Waals surface area contributed by atoms with Gasteiger partial charge in [0, 0.05) is 24.3 Å². The molecule has 1 saturated heterocycles. The van der Waals surface area contributed by atoms with Gasteiger partial charge in [-0.3, -0.25) is 4.79 Å². The van der Waals surface area contributed by atoms with Gasteiger partial charge in [0.1, 0.15) is 0 Å². The number of carbonyl (C=O) groups excluding carboxylic acids is 1. The highest BCUT2D eigenvalue weighted by atomic mass is 16.1. The average molecular weight is 295 g/mol. The molecule has 0 unspecified atom stereocenters. The van der Waals surface area contributed by atoms with E-state index < -0.39 is 0 Å². The zero-order valence-corrected chi connectivity index (χ0v) is 12.8. The number of carbonyl (C=O) groups is 1. The molecule has 4 nitrogen and oxygen atoms in total. The second-order valence-electron chi connectivity index (χ2n) is 5.79. The van der Waals surface area contributed by atoms with Gasteiger partial charge in [0.05, 0.1) is 11.4 Å². The minimum atomic E-state index is -0.102. The summed E-state index contributed by atoms with van der Waals surface area (Å²) >= 11 is 0. The first-order chi connectivity index (χ1) is 10.6. The molecular formula is C18H21N3O. The summed E-state index contributed by atoms with van der Waals surface area (Å²) in [7, 11) is 0. The lowest BCUT2D eigenvalue weighted by Crippen LogP contribution is -2.21. The van der Waals surface area contributed by atoms with Crippen molar-refractivity contribution >= 4 is 23.0 Å².